The fourth-order valence-electron chi connectivity index (χ4n) is 1.86. The second-order valence-electron chi connectivity index (χ2n) is 3.68. The minimum atomic E-state index is 0.000486. The number of fused-ring (bicyclic) bond motifs is 1. The average Bonchev–Trinajstić information content (AvgIpc) is 2.65. The van der Waals surface area contributed by atoms with E-state index in [1.54, 1.807) is 7.11 Å². The van der Waals surface area contributed by atoms with Gasteiger partial charge in [-0.3, -0.25) is 4.79 Å². The standard InChI is InChI=1S/C11H14N2O3/c1-15-9-5-7(2-3-16-12)4-8-6-10(14)13-11(8)9/h4-5H,2-3,6,12H2,1H3,(H,13,14). The van der Waals surface area contributed by atoms with Crippen LogP contribution in [0.3, 0.4) is 0 Å². The lowest BCUT2D eigenvalue weighted by molar-refractivity contribution is -0.115. The molecule has 1 heterocycles. The number of nitrogens with one attached hydrogen (secondary N) is 1. The minimum Gasteiger partial charge on any atom is -0.495 e. The van der Waals surface area contributed by atoms with Gasteiger partial charge >= 0.3 is 0 Å². The molecule has 5 nitrogen and oxygen atoms in total. The number of nitrogens with two attached hydrogens (primary N) is 1. The van der Waals surface area contributed by atoms with Crippen molar-refractivity contribution in [3.8, 4) is 5.75 Å². The summed E-state index contributed by atoms with van der Waals surface area (Å²) in [5, 5.41) is 2.78. The van der Waals surface area contributed by atoms with Crippen LogP contribution in [0.1, 0.15) is 11.1 Å². The molecule has 3 N–H and O–H groups in total. The van der Waals surface area contributed by atoms with Gasteiger partial charge in [0.2, 0.25) is 5.91 Å². The topological polar surface area (TPSA) is 73.6 Å². The zero-order valence-electron chi connectivity index (χ0n) is 9.08. The van der Waals surface area contributed by atoms with E-state index in [4.69, 9.17) is 10.6 Å². The normalized spacial score (nSPS) is 13.5. The van der Waals surface area contributed by atoms with Crippen LogP contribution in [0.5, 0.6) is 5.75 Å². The van der Waals surface area contributed by atoms with Crippen LogP contribution in [0, 0.1) is 0 Å². The van der Waals surface area contributed by atoms with E-state index in [0.29, 0.717) is 25.2 Å². The minimum absolute atomic E-state index is 0.000486. The maximum Gasteiger partial charge on any atom is 0.228 e. The molecule has 0 aromatic heterocycles. The smallest absolute Gasteiger partial charge is 0.228 e. The summed E-state index contributed by atoms with van der Waals surface area (Å²) in [4.78, 5) is 15.8. The first kappa shape index (κ1) is 10.9. The number of anilines is 1. The average molecular weight is 222 g/mol. The molecular formula is C11H14N2O3. The number of carbonyl (C=O) groups is 1. The molecule has 2 rings (SSSR count). The Hall–Kier alpha value is -1.59. The van der Waals surface area contributed by atoms with Crippen molar-refractivity contribution in [3.05, 3.63) is 23.3 Å². The Morgan fingerprint density at radius 2 is 2.31 bits per heavy atom. The van der Waals surface area contributed by atoms with Gasteiger partial charge in [-0.25, -0.2) is 5.90 Å². The summed E-state index contributed by atoms with van der Waals surface area (Å²) >= 11 is 0. The molecule has 0 radical (unpaired) electrons. The zero-order valence-corrected chi connectivity index (χ0v) is 9.08. The third-order valence-electron chi connectivity index (χ3n) is 2.59. The number of hydrogen-bond donors (Lipinski definition) is 2. The third-order valence-corrected chi connectivity index (χ3v) is 2.59. The van der Waals surface area contributed by atoms with Gasteiger partial charge in [0.25, 0.3) is 0 Å². The Balaban J connectivity index is 2.31. The number of methoxy groups -OCH3 is 1. The molecule has 1 amide bonds. The van der Waals surface area contributed by atoms with Gasteiger partial charge in [-0.1, -0.05) is 6.07 Å². The van der Waals surface area contributed by atoms with E-state index in [1.807, 2.05) is 12.1 Å². The van der Waals surface area contributed by atoms with Crippen molar-refractivity contribution in [1.82, 2.24) is 0 Å². The van der Waals surface area contributed by atoms with Gasteiger partial charge in [-0.2, -0.15) is 0 Å². The first-order valence-corrected chi connectivity index (χ1v) is 5.06. The maximum atomic E-state index is 11.3. The Morgan fingerprint density at radius 1 is 1.50 bits per heavy atom. The molecule has 0 saturated heterocycles. The quantitative estimate of drug-likeness (QED) is 0.732. The first-order valence-electron chi connectivity index (χ1n) is 5.06. The molecule has 1 aromatic rings. The van der Waals surface area contributed by atoms with Gasteiger partial charge in [0.1, 0.15) is 5.75 Å². The molecule has 1 aliphatic rings. The molecule has 16 heavy (non-hydrogen) atoms. The molecule has 86 valence electrons. The van der Waals surface area contributed by atoms with E-state index in [9.17, 15) is 4.79 Å². The molecule has 0 spiro atoms. The lowest BCUT2D eigenvalue weighted by Crippen LogP contribution is -2.05. The summed E-state index contributed by atoms with van der Waals surface area (Å²) in [5.74, 6) is 5.67. The van der Waals surface area contributed by atoms with Gasteiger partial charge in [0.15, 0.2) is 0 Å². The number of amides is 1. The summed E-state index contributed by atoms with van der Waals surface area (Å²) in [6.45, 7) is 0.448. The Bertz CT molecular complexity index is 418. The molecule has 5 heteroatoms. The van der Waals surface area contributed by atoms with Crippen molar-refractivity contribution in [2.75, 3.05) is 19.0 Å². The van der Waals surface area contributed by atoms with Crippen LogP contribution in [-0.4, -0.2) is 19.6 Å². The molecule has 0 unspecified atom stereocenters. The van der Waals surface area contributed by atoms with Crippen LogP contribution in [0.25, 0.3) is 0 Å². The van der Waals surface area contributed by atoms with Crippen LogP contribution < -0.4 is 16.0 Å². The number of hydrogen-bond acceptors (Lipinski definition) is 4. The summed E-state index contributed by atoms with van der Waals surface area (Å²) < 4.78 is 5.24. The molecule has 0 fully saturated rings. The van der Waals surface area contributed by atoms with Crippen LogP contribution in [0.4, 0.5) is 5.69 Å². The Kier molecular flexibility index (Phi) is 3.07. The number of ether oxygens (including phenoxy) is 1. The van der Waals surface area contributed by atoms with Crippen molar-refractivity contribution in [2.45, 2.75) is 12.8 Å². The second kappa shape index (κ2) is 4.51. The number of carbonyl (C=O) groups excluding carboxylic acids is 1. The van der Waals surface area contributed by atoms with E-state index in [2.05, 4.69) is 10.2 Å². The van der Waals surface area contributed by atoms with Gasteiger partial charge in [0.05, 0.1) is 25.8 Å². The van der Waals surface area contributed by atoms with E-state index >= 15 is 0 Å². The van der Waals surface area contributed by atoms with Crippen molar-refractivity contribution < 1.29 is 14.4 Å². The molecule has 1 aliphatic heterocycles. The highest BCUT2D eigenvalue weighted by atomic mass is 16.6. The highest BCUT2D eigenvalue weighted by Gasteiger charge is 2.22. The van der Waals surface area contributed by atoms with E-state index in [1.165, 1.54) is 0 Å². The molecular weight excluding hydrogens is 208 g/mol. The molecule has 1 aromatic carbocycles. The van der Waals surface area contributed by atoms with Crippen LogP contribution in [-0.2, 0) is 22.5 Å². The predicted molar refractivity (Wildman–Crippen MR) is 59.2 cm³/mol. The lowest BCUT2D eigenvalue weighted by Gasteiger charge is -2.09. The fraction of sp³-hybridized carbons (Fsp3) is 0.364. The van der Waals surface area contributed by atoms with Crippen LogP contribution in [0.15, 0.2) is 12.1 Å². The molecule has 0 aliphatic carbocycles. The molecule has 0 saturated carbocycles. The van der Waals surface area contributed by atoms with Crippen LogP contribution >= 0.6 is 0 Å². The molecule has 0 bridgehead atoms. The lowest BCUT2D eigenvalue weighted by atomic mass is 10.1. The highest BCUT2D eigenvalue weighted by molar-refractivity contribution is 6.01. The summed E-state index contributed by atoms with van der Waals surface area (Å²) in [7, 11) is 1.59. The first-order chi connectivity index (χ1) is 7.74. The van der Waals surface area contributed by atoms with Gasteiger partial charge < -0.3 is 14.9 Å². The monoisotopic (exact) mass is 222 g/mol. The summed E-state index contributed by atoms with van der Waals surface area (Å²) in [6, 6.07) is 3.87. The predicted octanol–water partition coefficient (Wildman–Crippen LogP) is 0.623. The Morgan fingerprint density at radius 3 is 3.00 bits per heavy atom. The number of rotatable bonds is 4. The van der Waals surface area contributed by atoms with Gasteiger partial charge in [-0.05, 0) is 23.6 Å². The van der Waals surface area contributed by atoms with Crippen molar-refractivity contribution >= 4 is 11.6 Å². The maximum absolute atomic E-state index is 11.3. The van der Waals surface area contributed by atoms with Gasteiger partial charge in [0, 0.05) is 0 Å². The Labute approximate surface area is 93.5 Å². The van der Waals surface area contributed by atoms with Crippen molar-refractivity contribution in [3.63, 3.8) is 0 Å². The zero-order chi connectivity index (χ0) is 11.5. The van der Waals surface area contributed by atoms with E-state index in [-0.39, 0.29) is 5.91 Å². The van der Waals surface area contributed by atoms with E-state index < -0.39 is 0 Å². The summed E-state index contributed by atoms with van der Waals surface area (Å²) in [5.41, 5.74) is 2.80. The fourth-order valence-corrected chi connectivity index (χ4v) is 1.86. The van der Waals surface area contributed by atoms with E-state index in [0.717, 1.165) is 16.8 Å². The largest absolute Gasteiger partial charge is 0.495 e. The van der Waals surface area contributed by atoms with Crippen LogP contribution in [0.2, 0.25) is 0 Å². The highest BCUT2D eigenvalue weighted by Crippen LogP contribution is 2.34. The molecule has 0 atom stereocenters. The third kappa shape index (κ3) is 2.00. The van der Waals surface area contributed by atoms with Crippen molar-refractivity contribution in [2.24, 2.45) is 5.90 Å². The SMILES string of the molecule is COc1cc(CCON)cc2c1NC(=O)C2. The second-order valence-corrected chi connectivity index (χ2v) is 3.68. The van der Waals surface area contributed by atoms with Crippen molar-refractivity contribution in [1.29, 1.82) is 0 Å². The number of benzene rings is 1. The summed E-state index contributed by atoms with van der Waals surface area (Å²) in [6.07, 6.45) is 1.11. The van der Waals surface area contributed by atoms with Gasteiger partial charge in [-0.15, -0.1) is 0 Å².